The Morgan fingerprint density at radius 2 is 1.64 bits per heavy atom. The fourth-order valence-electron chi connectivity index (χ4n) is 2.47. The van der Waals surface area contributed by atoms with Crippen molar-refractivity contribution in [2.75, 3.05) is 0 Å². The molecule has 0 aliphatic carbocycles. The van der Waals surface area contributed by atoms with Crippen molar-refractivity contribution in [2.24, 2.45) is 0 Å². The Balaban J connectivity index is 0.00000176. The molecular formula is C15H14FeO6+3. The average Bonchev–Trinajstić information content (AvgIpc) is 2.42. The van der Waals surface area contributed by atoms with Crippen LogP contribution in [0.5, 0.6) is 28.7 Å². The zero-order valence-electron chi connectivity index (χ0n) is 11.2. The molecule has 1 aliphatic rings. The van der Waals surface area contributed by atoms with E-state index >= 15 is 0 Å². The van der Waals surface area contributed by atoms with Gasteiger partial charge in [0.1, 0.15) is 23.4 Å². The molecular weight excluding hydrogens is 332 g/mol. The molecule has 0 unspecified atom stereocenters. The molecule has 0 bridgehead atoms. The molecule has 3 rings (SSSR count). The Morgan fingerprint density at radius 3 is 2.32 bits per heavy atom. The Kier molecular flexibility index (Phi) is 4.42. The molecule has 7 heteroatoms. The maximum atomic E-state index is 10.2. The van der Waals surface area contributed by atoms with E-state index in [1.54, 1.807) is 0 Å². The number of aliphatic hydroxyl groups is 1. The second-order valence-corrected chi connectivity index (χ2v) is 5.00. The van der Waals surface area contributed by atoms with Crippen molar-refractivity contribution < 1.29 is 47.3 Å². The van der Waals surface area contributed by atoms with Crippen LogP contribution in [-0.4, -0.2) is 31.6 Å². The van der Waals surface area contributed by atoms with E-state index in [4.69, 9.17) is 4.74 Å². The summed E-state index contributed by atoms with van der Waals surface area (Å²) in [5.74, 6) is -0.589. The van der Waals surface area contributed by atoms with Gasteiger partial charge in [0.15, 0.2) is 11.5 Å². The molecule has 2 aromatic rings. The molecule has 0 saturated heterocycles. The predicted octanol–water partition coefficient (Wildman–Crippen LogP) is 1.54. The van der Waals surface area contributed by atoms with Gasteiger partial charge in [0.25, 0.3) is 0 Å². The number of phenolic OH excluding ortho intramolecular Hbond substituents is 4. The van der Waals surface area contributed by atoms with Crippen LogP contribution in [0.25, 0.3) is 0 Å². The van der Waals surface area contributed by atoms with E-state index in [0.29, 0.717) is 11.1 Å². The Hall–Kier alpha value is -2.08. The van der Waals surface area contributed by atoms with Gasteiger partial charge in [-0.2, -0.15) is 0 Å². The van der Waals surface area contributed by atoms with E-state index in [-0.39, 0.29) is 52.2 Å². The van der Waals surface area contributed by atoms with Gasteiger partial charge in [-0.3, -0.25) is 0 Å². The summed E-state index contributed by atoms with van der Waals surface area (Å²) in [7, 11) is 0. The van der Waals surface area contributed by atoms with Crippen LogP contribution in [-0.2, 0) is 23.5 Å². The first kappa shape index (κ1) is 16.3. The number of benzene rings is 2. The molecule has 1 radical (unpaired) electrons. The number of rotatable bonds is 1. The second kappa shape index (κ2) is 5.96. The predicted molar refractivity (Wildman–Crippen MR) is 72.6 cm³/mol. The largest absolute Gasteiger partial charge is 3.00 e. The van der Waals surface area contributed by atoms with Crippen molar-refractivity contribution >= 4 is 0 Å². The Bertz CT molecular complexity index is 703. The third-order valence-electron chi connectivity index (χ3n) is 3.51. The van der Waals surface area contributed by atoms with Gasteiger partial charge in [0, 0.05) is 24.1 Å². The second-order valence-electron chi connectivity index (χ2n) is 5.00. The number of phenols is 4. The number of hydrogen-bond donors (Lipinski definition) is 5. The first-order valence-corrected chi connectivity index (χ1v) is 6.37. The molecule has 2 atom stereocenters. The minimum Gasteiger partial charge on any atom is -0.508 e. The molecule has 2 aromatic carbocycles. The first-order chi connectivity index (χ1) is 9.95. The normalized spacial score (nSPS) is 19.7. The molecule has 0 spiro atoms. The van der Waals surface area contributed by atoms with E-state index < -0.39 is 12.2 Å². The van der Waals surface area contributed by atoms with E-state index in [9.17, 15) is 25.5 Å². The molecule has 115 valence electrons. The van der Waals surface area contributed by atoms with Crippen LogP contribution in [0.15, 0.2) is 30.3 Å². The Labute approximate surface area is 136 Å². The summed E-state index contributed by atoms with van der Waals surface area (Å²) < 4.78 is 5.62. The topological polar surface area (TPSA) is 110 Å². The zero-order chi connectivity index (χ0) is 15.1. The van der Waals surface area contributed by atoms with Gasteiger partial charge in [-0.1, -0.05) is 6.07 Å². The summed E-state index contributed by atoms with van der Waals surface area (Å²) in [6, 6.07) is 6.67. The summed E-state index contributed by atoms with van der Waals surface area (Å²) >= 11 is 0. The fraction of sp³-hybridized carbons (Fsp3) is 0.200. The number of ether oxygens (including phenoxy) is 1. The van der Waals surface area contributed by atoms with Crippen molar-refractivity contribution in [2.45, 2.75) is 18.6 Å². The van der Waals surface area contributed by atoms with Crippen LogP contribution < -0.4 is 4.74 Å². The molecule has 0 amide bonds. The van der Waals surface area contributed by atoms with Gasteiger partial charge >= 0.3 is 17.1 Å². The molecule has 5 N–H and O–H groups in total. The molecule has 22 heavy (non-hydrogen) atoms. The van der Waals surface area contributed by atoms with Crippen LogP contribution in [0.3, 0.4) is 0 Å². The summed E-state index contributed by atoms with van der Waals surface area (Å²) in [6.45, 7) is 0. The van der Waals surface area contributed by atoms with Crippen LogP contribution in [0.4, 0.5) is 0 Å². The SMILES string of the molecule is Oc1cc(O)c2c(c1)O[C@H](c1ccc(O)c(O)c1)[C@@H](O)C2.[Fe+3]. The van der Waals surface area contributed by atoms with E-state index in [1.165, 1.54) is 30.3 Å². The molecule has 6 nitrogen and oxygen atoms in total. The van der Waals surface area contributed by atoms with Gasteiger partial charge in [0.05, 0.1) is 6.10 Å². The maximum Gasteiger partial charge on any atom is 3.00 e. The third kappa shape index (κ3) is 2.78. The van der Waals surface area contributed by atoms with Gasteiger partial charge in [-0.15, -0.1) is 0 Å². The molecule has 0 saturated carbocycles. The molecule has 0 aromatic heterocycles. The fourth-order valence-corrected chi connectivity index (χ4v) is 2.47. The summed E-state index contributed by atoms with van der Waals surface area (Å²) in [5.41, 5.74) is 0.894. The summed E-state index contributed by atoms with van der Waals surface area (Å²) in [6.07, 6.45) is -1.56. The summed E-state index contributed by atoms with van der Waals surface area (Å²) in [4.78, 5) is 0. The maximum absolute atomic E-state index is 10.2. The summed E-state index contributed by atoms with van der Waals surface area (Å²) in [5, 5.41) is 48.3. The van der Waals surface area contributed by atoms with Crippen molar-refractivity contribution in [1.82, 2.24) is 0 Å². The van der Waals surface area contributed by atoms with E-state index in [0.717, 1.165) is 0 Å². The standard InChI is InChI=1S/C15H14O6.Fe/c16-8-4-11(18)9-6-13(20)15(21-14(9)5-8)7-1-2-10(17)12(19)3-7;/h1-5,13,15-20H,6H2;/q;+3/t13-,15+;/m0./s1. The first-order valence-electron chi connectivity index (χ1n) is 6.37. The molecule has 0 fully saturated rings. The van der Waals surface area contributed by atoms with Gasteiger partial charge < -0.3 is 30.3 Å². The van der Waals surface area contributed by atoms with Crippen molar-refractivity contribution in [3.05, 3.63) is 41.5 Å². The quantitative estimate of drug-likeness (QED) is 0.396. The average molecular weight is 346 g/mol. The monoisotopic (exact) mass is 346 g/mol. The third-order valence-corrected chi connectivity index (χ3v) is 3.51. The number of hydrogen-bond acceptors (Lipinski definition) is 6. The smallest absolute Gasteiger partial charge is 0.508 e. The van der Waals surface area contributed by atoms with Crippen LogP contribution in [0.2, 0.25) is 0 Å². The zero-order valence-corrected chi connectivity index (χ0v) is 12.4. The van der Waals surface area contributed by atoms with Crippen LogP contribution in [0.1, 0.15) is 17.2 Å². The minimum atomic E-state index is -0.933. The van der Waals surface area contributed by atoms with E-state index in [1.807, 2.05) is 0 Å². The van der Waals surface area contributed by atoms with Crippen LogP contribution >= 0.6 is 0 Å². The molecule has 1 heterocycles. The minimum absolute atomic E-state index is 0. The number of fused-ring (bicyclic) bond motifs is 1. The Morgan fingerprint density at radius 1 is 0.909 bits per heavy atom. The van der Waals surface area contributed by atoms with Crippen molar-refractivity contribution in [3.63, 3.8) is 0 Å². The van der Waals surface area contributed by atoms with Crippen molar-refractivity contribution in [3.8, 4) is 28.7 Å². The van der Waals surface area contributed by atoms with Gasteiger partial charge in [-0.25, -0.2) is 0 Å². The van der Waals surface area contributed by atoms with E-state index in [2.05, 4.69) is 0 Å². The van der Waals surface area contributed by atoms with Crippen molar-refractivity contribution in [1.29, 1.82) is 0 Å². The van der Waals surface area contributed by atoms with Crippen LogP contribution in [0, 0.1) is 0 Å². The molecule has 1 aliphatic heterocycles. The number of aromatic hydroxyl groups is 4. The number of aliphatic hydroxyl groups excluding tert-OH is 1. The van der Waals surface area contributed by atoms with Gasteiger partial charge in [-0.05, 0) is 17.7 Å². The van der Waals surface area contributed by atoms with Gasteiger partial charge in [0.2, 0.25) is 0 Å².